The maximum atomic E-state index is 13.1. The van der Waals surface area contributed by atoms with Gasteiger partial charge in [0.2, 0.25) is 10.0 Å². The molecule has 8 heteroatoms. The van der Waals surface area contributed by atoms with E-state index in [-0.39, 0.29) is 29.4 Å². The van der Waals surface area contributed by atoms with Crippen LogP contribution in [0.2, 0.25) is 0 Å². The van der Waals surface area contributed by atoms with Crippen LogP contribution in [-0.4, -0.2) is 53.5 Å². The van der Waals surface area contributed by atoms with Crippen molar-refractivity contribution in [1.29, 1.82) is 0 Å². The molecule has 24 heavy (non-hydrogen) atoms. The van der Waals surface area contributed by atoms with Crippen LogP contribution >= 0.6 is 15.9 Å². The summed E-state index contributed by atoms with van der Waals surface area (Å²) in [4.78, 5) is 13.3. The maximum absolute atomic E-state index is 13.1. The second kappa shape index (κ2) is 5.44. The van der Waals surface area contributed by atoms with Gasteiger partial charge in [-0.05, 0) is 39.9 Å². The molecular formula is C16H21BrN2O4S. The molecule has 2 saturated heterocycles. The average molecular weight is 417 g/mol. The number of hydrogen-bond donors (Lipinski definition) is 1. The van der Waals surface area contributed by atoms with Crippen molar-refractivity contribution in [1.82, 2.24) is 9.21 Å². The zero-order valence-corrected chi connectivity index (χ0v) is 16.3. The molecule has 2 aliphatic rings. The van der Waals surface area contributed by atoms with Crippen LogP contribution in [0.25, 0.3) is 0 Å². The van der Waals surface area contributed by atoms with Crippen LogP contribution in [0, 0.1) is 5.41 Å². The fourth-order valence-electron chi connectivity index (χ4n) is 3.95. The summed E-state index contributed by atoms with van der Waals surface area (Å²) in [5.41, 5.74) is -1.06. The molecule has 2 atom stereocenters. The zero-order chi connectivity index (χ0) is 17.9. The van der Waals surface area contributed by atoms with Gasteiger partial charge in [-0.1, -0.05) is 32.9 Å². The van der Waals surface area contributed by atoms with E-state index in [1.807, 2.05) is 20.8 Å². The van der Waals surface area contributed by atoms with Gasteiger partial charge in [-0.15, -0.1) is 0 Å². The van der Waals surface area contributed by atoms with Crippen LogP contribution in [-0.2, 0) is 10.0 Å². The number of carbonyl (C=O) groups is 1. The zero-order valence-electron chi connectivity index (χ0n) is 13.9. The highest BCUT2D eigenvalue weighted by Gasteiger charge is 2.64. The first-order valence-corrected chi connectivity index (χ1v) is 10.0. The Bertz CT molecular complexity index is 790. The van der Waals surface area contributed by atoms with Crippen molar-refractivity contribution < 1.29 is 18.3 Å². The Morgan fingerprint density at radius 3 is 2.50 bits per heavy atom. The van der Waals surface area contributed by atoms with E-state index < -0.39 is 21.7 Å². The normalized spacial score (nSPS) is 27.7. The summed E-state index contributed by atoms with van der Waals surface area (Å²) in [6.07, 6.45) is -0.447. The van der Waals surface area contributed by atoms with Crippen LogP contribution in [0.3, 0.4) is 0 Å². The van der Waals surface area contributed by atoms with Gasteiger partial charge in [0, 0.05) is 23.6 Å². The van der Waals surface area contributed by atoms with E-state index in [1.54, 1.807) is 24.3 Å². The topological polar surface area (TPSA) is 77.9 Å². The number of likely N-dealkylation sites (tertiary alicyclic amines) is 1. The molecule has 1 N–H and O–H groups in total. The second-order valence-electron chi connectivity index (χ2n) is 7.51. The Balaban J connectivity index is 2.03. The number of hydrogen-bond acceptors (Lipinski definition) is 3. The van der Waals surface area contributed by atoms with Gasteiger partial charge < -0.3 is 5.11 Å². The van der Waals surface area contributed by atoms with Crippen LogP contribution in [0.15, 0.2) is 33.6 Å². The molecule has 6 nitrogen and oxygen atoms in total. The molecule has 132 valence electrons. The third-order valence-corrected chi connectivity index (χ3v) is 8.27. The monoisotopic (exact) mass is 416 g/mol. The molecule has 2 bridgehead atoms. The van der Waals surface area contributed by atoms with E-state index in [9.17, 15) is 18.3 Å². The number of halogens is 1. The summed E-state index contributed by atoms with van der Waals surface area (Å²) in [6, 6.07) is 6.41. The fourth-order valence-corrected chi connectivity index (χ4v) is 6.58. The second-order valence-corrected chi connectivity index (χ2v) is 10.2. The lowest BCUT2D eigenvalue weighted by Crippen LogP contribution is -2.62. The summed E-state index contributed by atoms with van der Waals surface area (Å²) in [6.45, 7) is 6.33. The number of nitrogens with zero attached hydrogens (tertiary/aromatic N) is 2. The van der Waals surface area contributed by atoms with Gasteiger partial charge >= 0.3 is 6.09 Å². The molecule has 2 fully saturated rings. The largest absolute Gasteiger partial charge is 0.465 e. The molecule has 0 spiro atoms. The molecule has 1 aromatic carbocycles. The predicted molar refractivity (Wildman–Crippen MR) is 93.4 cm³/mol. The van der Waals surface area contributed by atoms with Crippen molar-refractivity contribution in [3.05, 3.63) is 28.7 Å². The van der Waals surface area contributed by atoms with Crippen LogP contribution < -0.4 is 0 Å². The SMILES string of the molecule is CC(C)(C)[C@@]12C[C@H](CN1C(=O)O)N(S(=O)(=O)c1ccccc1Br)C2. The van der Waals surface area contributed by atoms with Gasteiger partial charge in [-0.3, -0.25) is 4.90 Å². The van der Waals surface area contributed by atoms with Gasteiger partial charge in [0.15, 0.2) is 0 Å². The number of sulfonamides is 1. The Hall–Kier alpha value is -1.12. The Morgan fingerprint density at radius 1 is 1.33 bits per heavy atom. The van der Waals surface area contributed by atoms with Crippen molar-refractivity contribution in [2.45, 2.75) is 43.7 Å². The molecule has 0 aliphatic carbocycles. The quantitative estimate of drug-likeness (QED) is 0.803. The highest BCUT2D eigenvalue weighted by atomic mass is 79.9. The van der Waals surface area contributed by atoms with Gasteiger partial charge in [0.05, 0.1) is 10.4 Å². The Morgan fingerprint density at radius 2 is 1.96 bits per heavy atom. The predicted octanol–water partition coefficient (Wildman–Crippen LogP) is 2.99. The highest BCUT2D eigenvalue weighted by molar-refractivity contribution is 9.10. The molecule has 3 rings (SSSR count). The molecule has 2 heterocycles. The number of fused-ring (bicyclic) bond motifs is 2. The third kappa shape index (κ3) is 2.38. The standard InChI is InChI=1S/C16H21BrN2O4S/c1-15(2,3)16-8-11(9-18(16)14(20)21)19(10-16)24(22,23)13-7-5-4-6-12(13)17/h4-7,11H,8-10H2,1-3H3,(H,20,21)/t11-,16+/m1/s1. The lowest BCUT2D eigenvalue weighted by molar-refractivity contribution is 0.0184. The molecule has 1 aromatic rings. The fraction of sp³-hybridized carbons (Fsp3) is 0.562. The van der Waals surface area contributed by atoms with E-state index in [0.717, 1.165) is 0 Å². The van der Waals surface area contributed by atoms with Gasteiger partial charge in [-0.25, -0.2) is 13.2 Å². The number of piperazine rings is 1. The summed E-state index contributed by atoms with van der Waals surface area (Å²) in [7, 11) is -3.68. The first kappa shape index (κ1) is 17.7. The lowest BCUT2D eigenvalue weighted by Gasteiger charge is -2.48. The minimum Gasteiger partial charge on any atom is -0.465 e. The Labute approximate surface area is 150 Å². The first-order valence-electron chi connectivity index (χ1n) is 7.78. The minimum atomic E-state index is -3.68. The van der Waals surface area contributed by atoms with E-state index in [1.165, 1.54) is 9.21 Å². The number of amides is 1. The smallest absolute Gasteiger partial charge is 0.407 e. The van der Waals surface area contributed by atoms with Crippen molar-refractivity contribution in [2.24, 2.45) is 5.41 Å². The minimum absolute atomic E-state index is 0.192. The van der Waals surface area contributed by atoms with Crippen molar-refractivity contribution >= 4 is 32.0 Å². The molecular weight excluding hydrogens is 396 g/mol. The van der Waals surface area contributed by atoms with Crippen molar-refractivity contribution in [3.63, 3.8) is 0 Å². The van der Waals surface area contributed by atoms with Crippen molar-refractivity contribution in [2.75, 3.05) is 13.1 Å². The molecule has 0 aromatic heterocycles. The molecule has 1 amide bonds. The van der Waals surface area contributed by atoms with Gasteiger partial charge in [0.25, 0.3) is 0 Å². The third-order valence-electron chi connectivity index (χ3n) is 5.36. The van der Waals surface area contributed by atoms with Gasteiger partial charge in [-0.2, -0.15) is 4.31 Å². The summed E-state index contributed by atoms with van der Waals surface area (Å²) < 4.78 is 28.2. The van der Waals surface area contributed by atoms with Crippen LogP contribution in [0.4, 0.5) is 4.79 Å². The molecule has 0 unspecified atom stereocenters. The molecule has 0 saturated carbocycles. The summed E-state index contributed by atoms with van der Waals surface area (Å²) >= 11 is 3.31. The Kier molecular flexibility index (Phi) is 4.01. The molecule has 0 radical (unpaired) electrons. The van der Waals surface area contributed by atoms with E-state index in [4.69, 9.17) is 0 Å². The van der Waals surface area contributed by atoms with Crippen LogP contribution in [0.1, 0.15) is 27.2 Å². The van der Waals surface area contributed by atoms with Crippen LogP contribution in [0.5, 0.6) is 0 Å². The number of carboxylic acid groups (broad SMARTS) is 1. The molecule has 2 aliphatic heterocycles. The summed E-state index contributed by atoms with van der Waals surface area (Å²) in [5, 5.41) is 9.56. The van der Waals surface area contributed by atoms with E-state index in [2.05, 4.69) is 15.9 Å². The lowest BCUT2D eigenvalue weighted by atomic mass is 9.73. The first-order chi connectivity index (χ1) is 11.0. The maximum Gasteiger partial charge on any atom is 0.407 e. The average Bonchev–Trinajstić information content (AvgIpc) is 3.04. The van der Waals surface area contributed by atoms with Crippen molar-refractivity contribution in [3.8, 4) is 0 Å². The number of benzene rings is 1. The highest BCUT2D eigenvalue weighted by Crippen LogP contribution is 2.51. The van der Waals surface area contributed by atoms with E-state index in [0.29, 0.717) is 10.9 Å². The van der Waals surface area contributed by atoms with E-state index >= 15 is 0 Å². The van der Waals surface area contributed by atoms with Gasteiger partial charge in [0.1, 0.15) is 0 Å². The summed E-state index contributed by atoms with van der Waals surface area (Å²) in [5.74, 6) is 0. The number of rotatable bonds is 2.